The second-order valence-corrected chi connectivity index (χ2v) is 5.16. The maximum absolute atomic E-state index is 5.59. The molecular formula is C13H21N3O. The molecule has 4 nitrogen and oxygen atoms in total. The Morgan fingerprint density at radius 1 is 1.53 bits per heavy atom. The predicted octanol–water partition coefficient (Wildman–Crippen LogP) is 1.52. The van der Waals surface area contributed by atoms with Crippen molar-refractivity contribution in [3.05, 3.63) is 17.7 Å². The molecule has 2 aliphatic rings. The third kappa shape index (κ3) is 2.38. The minimum atomic E-state index is 0.472. The molecule has 0 bridgehead atoms. The van der Waals surface area contributed by atoms with Crippen LogP contribution in [0.2, 0.25) is 0 Å². The highest BCUT2D eigenvalue weighted by Gasteiger charge is 2.28. The van der Waals surface area contributed by atoms with Crippen LogP contribution in [-0.2, 0) is 17.8 Å². The molecule has 0 unspecified atom stereocenters. The van der Waals surface area contributed by atoms with Crippen LogP contribution >= 0.6 is 0 Å². The zero-order valence-electron chi connectivity index (χ0n) is 10.5. The van der Waals surface area contributed by atoms with Gasteiger partial charge in [0, 0.05) is 37.9 Å². The molecule has 4 heteroatoms. The van der Waals surface area contributed by atoms with Gasteiger partial charge in [0.25, 0.3) is 0 Å². The monoisotopic (exact) mass is 235 g/mol. The minimum Gasteiger partial charge on any atom is -0.381 e. The first-order chi connectivity index (χ1) is 8.38. The molecular weight excluding hydrogens is 214 g/mol. The van der Waals surface area contributed by atoms with Gasteiger partial charge in [0.15, 0.2) is 0 Å². The normalized spacial score (nSPS) is 23.7. The third-order valence-electron chi connectivity index (χ3n) is 3.70. The number of hydrogen-bond acceptors (Lipinski definition) is 3. The van der Waals surface area contributed by atoms with Gasteiger partial charge in [0.2, 0.25) is 0 Å². The second kappa shape index (κ2) is 4.78. The maximum Gasteiger partial charge on any atom is 0.0952 e. The van der Waals surface area contributed by atoms with Gasteiger partial charge < -0.3 is 14.6 Å². The first-order valence-corrected chi connectivity index (χ1v) is 6.70. The van der Waals surface area contributed by atoms with Crippen molar-refractivity contribution in [2.45, 2.75) is 38.8 Å². The summed E-state index contributed by atoms with van der Waals surface area (Å²) in [6.45, 7) is 6.75. The van der Waals surface area contributed by atoms with Crippen LogP contribution in [0.15, 0.2) is 6.33 Å². The summed E-state index contributed by atoms with van der Waals surface area (Å²) in [5, 5.41) is 3.43. The van der Waals surface area contributed by atoms with E-state index in [4.69, 9.17) is 4.74 Å². The number of fused-ring (bicyclic) bond motifs is 1. The zero-order valence-corrected chi connectivity index (χ0v) is 10.5. The van der Waals surface area contributed by atoms with Crippen LogP contribution < -0.4 is 5.32 Å². The SMILES string of the molecule is CCOC[C@@H]1CNCc2ncn(CC3CC3)c21. The molecule has 1 saturated carbocycles. The molecule has 1 aliphatic carbocycles. The lowest BCUT2D eigenvalue weighted by atomic mass is 10.0. The molecule has 1 aromatic rings. The Labute approximate surface area is 102 Å². The molecule has 0 aromatic carbocycles. The smallest absolute Gasteiger partial charge is 0.0952 e. The van der Waals surface area contributed by atoms with E-state index in [0.717, 1.165) is 38.8 Å². The summed E-state index contributed by atoms with van der Waals surface area (Å²) in [5.74, 6) is 1.37. The number of nitrogens with one attached hydrogen (secondary N) is 1. The van der Waals surface area contributed by atoms with Gasteiger partial charge in [-0.1, -0.05) is 0 Å². The molecule has 0 amide bonds. The van der Waals surface area contributed by atoms with E-state index < -0.39 is 0 Å². The third-order valence-corrected chi connectivity index (χ3v) is 3.70. The van der Waals surface area contributed by atoms with Crippen molar-refractivity contribution in [1.29, 1.82) is 0 Å². The summed E-state index contributed by atoms with van der Waals surface area (Å²) in [6, 6.07) is 0. The van der Waals surface area contributed by atoms with E-state index >= 15 is 0 Å². The van der Waals surface area contributed by atoms with Gasteiger partial charge in [0.1, 0.15) is 0 Å². The molecule has 1 atom stereocenters. The Morgan fingerprint density at radius 3 is 3.18 bits per heavy atom. The second-order valence-electron chi connectivity index (χ2n) is 5.16. The van der Waals surface area contributed by atoms with Crippen molar-refractivity contribution in [2.24, 2.45) is 5.92 Å². The summed E-state index contributed by atoms with van der Waals surface area (Å²) in [7, 11) is 0. The fourth-order valence-corrected chi connectivity index (χ4v) is 2.62. The molecule has 3 rings (SSSR count). The quantitative estimate of drug-likeness (QED) is 0.841. The first kappa shape index (κ1) is 11.2. The molecule has 2 heterocycles. The summed E-state index contributed by atoms with van der Waals surface area (Å²) in [5.41, 5.74) is 2.64. The fourth-order valence-electron chi connectivity index (χ4n) is 2.62. The van der Waals surface area contributed by atoms with E-state index in [9.17, 15) is 0 Å². The summed E-state index contributed by atoms with van der Waals surface area (Å²) < 4.78 is 7.97. The number of aromatic nitrogens is 2. The van der Waals surface area contributed by atoms with Crippen LogP contribution in [0.5, 0.6) is 0 Å². The van der Waals surface area contributed by atoms with E-state index in [2.05, 4.69) is 21.8 Å². The topological polar surface area (TPSA) is 39.1 Å². The molecule has 0 radical (unpaired) electrons. The van der Waals surface area contributed by atoms with Crippen LogP contribution in [-0.4, -0.2) is 29.3 Å². The maximum atomic E-state index is 5.59. The van der Waals surface area contributed by atoms with Gasteiger partial charge in [-0.05, 0) is 25.7 Å². The Kier molecular flexibility index (Phi) is 3.16. The number of rotatable bonds is 5. The number of hydrogen-bond donors (Lipinski definition) is 1. The Balaban J connectivity index is 1.79. The minimum absolute atomic E-state index is 0.472. The molecule has 1 aliphatic heterocycles. The lowest BCUT2D eigenvalue weighted by Gasteiger charge is -2.25. The van der Waals surface area contributed by atoms with Crippen molar-refractivity contribution in [3.8, 4) is 0 Å². The average molecular weight is 235 g/mol. The molecule has 17 heavy (non-hydrogen) atoms. The molecule has 94 valence electrons. The van der Waals surface area contributed by atoms with Crippen LogP contribution in [0.25, 0.3) is 0 Å². The van der Waals surface area contributed by atoms with Crippen molar-refractivity contribution in [1.82, 2.24) is 14.9 Å². The van der Waals surface area contributed by atoms with Gasteiger partial charge in [-0.2, -0.15) is 0 Å². The van der Waals surface area contributed by atoms with Crippen molar-refractivity contribution in [3.63, 3.8) is 0 Å². The van der Waals surface area contributed by atoms with E-state index in [1.807, 2.05) is 6.33 Å². The van der Waals surface area contributed by atoms with Gasteiger partial charge in [0.05, 0.1) is 18.6 Å². The predicted molar refractivity (Wildman–Crippen MR) is 65.9 cm³/mol. The standard InChI is InChI=1S/C13H21N3O/c1-2-17-8-11-5-14-6-12-13(11)16(9-15-12)7-10-3-4-10/h9-11,14H,2-8H2,1H3/t11-/m0/s1. The first-order valence-electron chi connectivity index (χ1n) is 6.70. The van der Waals surface area contributed by atoms with Crippen molar-refractivity contribution in [2.75, 3.05) is 19.8 Å². The number of ether oxygens (including phenoxy) is 1. The number of imidazole rings is 1. The largest absolute Gasteiger partial charge is 0.381 e. The molecule has 0 saturated heterocycles. The Morgan fingerprint density at radius 2 is 2.41 bits per heavy atom. The molecule has 1 aromatic heterocycles. The van der Waals surface area contributed by atoms with Gasteiger partial charge in [-0.3, -0.25) is 0 Å². The summed E-state index contributed by atoms with van der Waals surface area (Å²) in [4.78, 5) is 4.54. The zero-order chi connectivity index (χ0) is 11.7. The van der Waals surface area contributed by atoms with E-state index in [1.165, 1.54) is 24.2 Å². The van der Waals surface area contributed by atoms with E-state index in [-0.39, 0.29) is 0 Å². The lowest BCUT2D eigenvalue weighted by molar-refractivity contribution is 0.127. The van der Waals surface area contributed by atoms with Crippen LogP contribution in [0.1, 0.15) is 37.1 Å². The summed E-state index contributed by atoms with van der Waals surface area (Å²) >= 11 is 0. The highest BCUT2D eigenvalue weighted by atomic mass is 16.5. The molecule has 0 spiro atoms. The highest BCUT2D eigenvalue weighted by molar-refractivity contribution is 5.22. The van der Waals surface area contributed by atoms with Crippen molar-refractivity contribution < 1.29 is 4.74 Å². The van der Waals surface area contributed by atoms with Gasteiger partial charge >= 0.3 is 0 Å². The van der Waals surface area contributed by atoms with E-state index in [1.54, 1.807) is 0 Å². The average Bonchev–Trinajstić information content (AvgIpc) is 3.07. The lowest BCUT2D eigenvalue weighted by Crippen LogP contribution is -2.32. The summed E-state index contributed by atoms with van der Waals surface area (Å²) in [6.07, 6.45) is 4.80. The van der Waals surface area contributed by atoms with Gasteiger partial charge in [-0.15, -0.1) is 0 Å². The van der Waals surface area contributed by atoms with Crippen molar-refractivity contribution >= 4 is 0 Å². The van der Waals surface area contributed by atoms with Crippen LogP contribution in [0.4, 0.5) is 0 Å². The fraction of sp³-hybridized carbons (Fsp3) is 0.769. The highest BCUT2D eigenvalue weighted by Crippen LogP contribution is 2.33. The molecule has 1 N–H and O–H groups in total. The van der Waals surface area contributed by atoms with E-state index in [0.29, 0.717) is 5.92 Å². The number of nitrogens with zero attached hydrogens (tertiary/aromatic N) is 2. The Bertz CT molecular complexity index is 384. The van der Waals surface area contributed by atoms with Crippen LogP contribution in [0.3, 0.4) is 0 Å². The Hall–Kier alpha value is -0.870. The molecule has 1 fully saturated rings. The van der Waals surface area contributed by atoms with Crippen LogP contribution in [0, 0.1) is 5.92 Å². The van der Waals surface area contributed by atoms with Gasteiger partial charge in [-0.25, -0.2) is 4.98 Å².